The number of nitrogens with zero attached hydrogens (tertiary/aromatic N) is 1. The Bertz CT molecular complexity index is 1180. The molecule has 0 bridgehead atoms. The number of nitrogens with one attached hydrogen (secondary N) is 1. The highest BCUT2D eigenvalue weighted by atomic mass is 16.5. The summed E-state index contributed by atoms with van der Waals surface area (Å²) >= 11 is 0. The van der Waals surface area contributed by atoms with Crippen molar-refractivity contribution in [2.45, 2.75) is 131 Å². The fourth-order valence-electron chi connectivity index (χ4n) is 6.30. The van der Waals surface area contributed by atoms with Crippen molar-refractivity contribution in [3.8, 4) is 5.75 Å². The minimum absolute atomic E-state index is 0.0564. The van der Waals surface area contributed by atoms with Gasteiger partial charge in [0, 0.05) is 31.9 Å². The largest absolute Gasteiger partial charge is 0.493 e. The number of ketones is 1. The van der Waals surface area contributed by atoms with Gasteiger partial charge in [0.25, 0.3) is 5.82 Å². The summed E-state index contributed by atoms with van der Waals surface area (Å²) in [4.78, 5) is 16.2. The first-order valence-electron chi connectivity index (χ1n) is 17.3. The van der Waals surface area contributed by atoms with Crippen LogP contribution in [-0.2, 0) is 6.54 Å². The molecule has 3 aromatic rings. The number of ether oxygens (including phenoxy) is 1. The van der Waals surface area contributed by atoms with E-state index >= 15 is 0 Å². The summed E-state index contributed by atoms with van der Waals surface area (Å²) in [5, 5.41) is 0. The van der Waals surface area contributed by atoms with Crippen molar-refractivity contribution in [3.05, 3.63) is 82.9 Å². The number of hydrogen-bond acceptors (Lipinski definition) is 2. The lowest BCUT2D eigenvalue weighted by atomic mass is 9.93. The van der Waals surface area contributed by atoms with E-state index < -0.39 is 0 Å². The van der Waals surface area contributed by atoms with E-state index in [2.05, 4.69) is 44.2 Å². The van der Waals surface area contributed by atoms with Crippen LogP contribution in [0.4, 0.5) is 0 Å². The average Bonchev–Trinajstić information content (AvgIpc) is 3.27. The summed E-state index contributed by atoms with van der Waals surface area (Å²) < 4.78 is 8.75. The van der Waals surface area contributed by atoms with Crippen LogP contribution in [0.15, 0.2) is 54.6 Å². The van der Waals surface area contributed by atoms with E-state index in [-0.39, 0.29) is 5.78 Å². The lowest BCUT2D eigenvalue weighted by molar-refractivity contribution is -0.713. The van der Waals surface area contributed by atoms with Gasteiger partial charge in [0.2, 0.25) is 0 Å². The number of benzene rings is 2. The molecule has 4 heteroatoms. The maximum atomic E-state index is 12.7. The summed E-state index contributed by atoms with van der Waals surface area (Å²) in [5.41, 5.74) is 4.13. The molecule has 0 saturated heterocycles. The predicted octanol–water partition coefficient (Wildman–Crippen LogP) is 10.3. The molecular formula is C39H59N2O2+. The summed E-state index contributed by atoms with van der Waals surface area (Å²) in [6, 6.07) is 17.2. The van der Waals surface area contributed by atoms with Crippen molar-refractivity contribution >= 4 is 5.78 Å². The number of carbonyl (C=O) groups excluding carboxylic acids is 1. The fourth-order valence-corrected chi connectivity index (χ4v) is 6.30. The smallest absolute Gasteiger partial charge is 0.251 e. The highest BCUT2D eigenvalue weighted by molar-refractivity contribution is 6.08. The van der Waals surface area contributed by atoms with Gasteiger partial charge in [-0.25, -0.2) is 9.55 Å². The van der Waals surface area contributed by atoms with Crippen molar-refractivity contribution < 1.29 is 14.1 Å². The van der Waals surface area contributed by atoms with Gasteiger partial charge < -0.3 is 4.74 Å². The second-order valence-electron chi connectivity index (χ2n) is 12.8. The van der Waals surface area contributed by atoms with Gasteiger partial charge in [-0.05, 0) is 61.8 Å². The number of imidazole rings is 1. The third-order valence-corrected chi connectivity index (χ3v) is 9.21. The van der Waals surface area contributed by atoms with Gasteiger partial charge >= 0.3 is 0 Å². The Morgan fingerprint density at radius 1 is 0.698 bits per heavy atom. The lowest BCUT2D eigenvalue weighted by Crippen LogP contribution is -2.41. The molecule has 1 heterocycles. The Morgan fingerprint density at radius 3 is 1.86 bits per heavy atom. The van der Waals surface area contributed by atoms with Crippen LogP contribution < -0.4 is 9.30 Å². The number of aryl methyl sites for hydroxylation is 2. The van der Waals surface area contributed by atoms with E-state index in [1.807, 2.05) is 54.6 Å². The number of H-pyrrole nitrogens is 1. The standard InChI is InChI=1S/C39H58N2O2/c1-6-8-14-21-35(30-43-38-27-25-37(26-28-38)39(42)36-23-17-13-18-24-36)22-16-12-10-11-15-20-34(19-9-7-2)29-41-32(4)31(3)40-33(41)5/h13,17-18,23-28,34-35H,6-12,14-16,19-22,29-30H2,1-5H3/p+1. The number of carbonyl (C=O) groups is 1. The highest BCUT2D eigenvalue weighted by Gasteiger charge is 2.20. The zero-order valence-electron chi connectivity index (χ0n) is 27.9. The number of aromatic nitrogens is 2. The van der Waals surface area contributed by atoms with Crippen molar-refractivity contribution in [2.75, 3.05) is 6.61 Å². The number of rotatable bonds is 22. The van der Waals surface area contributed by atoms with Gasteiger partial charge in [-0.1, -0.05) is 108 Å². The van der Waals surface area contributed by atoms with Crippen LogP contribution in [0.25, 0.3) is 0 Å². The van der Waals surface area contributed by atoms with Crippen LogP contribution in [-0.4, -0.2) is 17.4 Å². The van der Waals surface area contributed by atoms with Crippen molar-refractivity contribution in [3.63, 3.8) is 0 Å². The maximum Gasteiger partial charge on any atom is 0.251 e. The molecule has 0 amide bonds. The molecule has 4 nitrogen and oxygen atoms in total. The van der Waals surface area contributed by atoms with Crippen molar-refractivity contribution in [2.24, 2.45) is 11.8 Å². The van der Waals surface area contributed by atoms with Crippen molar-refractivity contribution in [1.82, 2.24) is 4.98 Å². The SMILES string of the molecule is CCCCCC(CCCCCCCC(CCCC)C[n+]1c(C)[nH]c(C)c1C)COc1ccc(C(=O)c2ccccc2)cc1. The van der Waals surface area contributed by atoms with Gasteiger partial charge in [-0.2, -0.15) is 0 Å². The second kappa shape index (κ2) is 19.4. The zero-order valence-corrected chi connectivity index (χ0v) is 27.9. The molecule has 0 spiro atoms. The van der Waals surface area contributed by atoms with Crippen LogP contribution in [0.3, 0.4) is 0 Å². The molecular weight excluding hydrogens is 528 g/mol. The van der Waals surface area contributed by atoms with Crippen molar-refractivity contribution in [1.29, 1.82) is 0 Å². The maximum absolute atomic E-state index is 12.7. The molecule has 0 aliphatic rings. The summed E-state index contributed by atoms with van der Waals surface area (Å²) in [6.45, 7) is 13.2. The molecule has 0 radical (unpaired) electrons. The summed E-state index contributed by atoms with van der Waals surface area (Å²) in [7, 11) is 0. The predicted molar refractivity (Wildman–Crippen MR) is 180 cm³/mol. The van der Waals surface area contributed by atoms with E-state index in [1.54, 1.807) is 0 Å². The van der Waals surface area contributed by atoms with Gasteiger partial charge in [-0.15, -0.1) is 0 Å². The van der Waals surface area contributed by atoms with E-state index in [4.69, 9.17) is 4.74 Å². The molecule has 0 saturated carbocycles. The molecule has 1 N–H and O–H groups in total. The Kier molecular flexibility index (Phi) is 15.6. The van der Waals surface area contributed by atoms with Gasteiger partial charge in [0.1, 0.15) is 17.1 Å². The molecule has 0 aliphatic carbocycles. The normalized spacial score (nSPS) is 12.8. The van der Waals surface area contributed by atoms with E-state index in [0.717, 1.165) is 30.4 Å². The average molecular weight is 588 g/mol. The topological polar surface area (TPSA) is 46.0 Å². The second-order valence-corrected chi connectivity index (χ2v) is 12.8. The molecule has 2 unspecified atom stereocenters. The molecule has 3 rings (SSSR count). The van der Waals surface area contributed by atoms with Gasteiger partial charge in [0.05, 0.1) is 13.2 Å². The third-order valence-electron chi connectivity index (χ3n) is 9.21. The molecule has 2 aromatic carbocycles. The minimum Gasteiger partial charge on any atom is -0.493 e. The van der Waals surface area contributed by atoms with E-state index in [1.165, 1.54) is 107 Å². The molecule has 43 heavy (non-hydrogen) atoms. The fraction of sp³-hybridized carbons (Fsp3) is 0.590. The van der Waals surface area contributed by atoms with Crippen LogP contribution in [0, 0.1) is 32.6 Å². The monoisotopic (exact) mass is 587 g/mol. The number of unbranched alkanes of at least 4 members (excludes halogenated alkanes) is 7. The van der Waals surface area contributed by atoms with E-state index in [9.17, 15) is 4.79 Å². The molecule has 2 atom stereocenters. The van der Waals surface area contributed by atoms with Crippen LogP contribution in [0.5, 0.6) is 5.75 Å². The molecule has 0 aliphatic heterocycles. The number of hydrogen-bond donors (Lipinski definition) is 1. The molecule has 0 fully saturated rings. The molecule has 236 valence electrons. The third kappa shape index (κ3) is 12.0. The number of aromatic amines is 1. The Morgan fingerprint density at radius 2 is 1.26 bits per heavy atom. The van der Waals surface area contributed by atoms with Crippen LogP contribution in [0.2, 0.25) is 0 Å². The minimum atomic E-state index is 0.0564. The zero-order chi connectivity index (χ0) is 30.9. The summed E-state index contributed by atoms with van der Waals surface area (Å²) in [6.07, 6.45) is 18.3. The van der Waals surface area contributed by atoms with Gasteiger partial charge in [-0.3, -0.25) is 4.79 Å². The summed E-state index contributed by atoms with van der Waals surface area (Å²) in [5.74, 6) is 3.60. The Labute approximate surface area is 262 Å². The highest BCUT2D eigenvalue weighted by Crippen LogP contribution is 2.23. The van der Waals surface area contributed by atoms with E-state index in [0.29, 0.717) is 11.5 Å². The van der Waals surface area contributed by atoms with Crippen LogP contribution in [0.1, 0.15) is 137 Å². The quantitative estimate of drug-likeness (QED) is 0.0722. The van der Waals surface area contributed by atoms with Crippen LogP contribution >= 0.6 is 0 Å². The Hall–Kier alpha value is -2.88. The first-order valence-corrected chi connectivity index (χ1v) is 17.3. The molecule has 1 aromatic heterocycles. The Balaban J connectivity index is 1.38. The first-order chi connectivity index (χ1) is 20.9. The lowest BCUT2D eigenvalue weighted by Gasteiger charge is -2.18. The first kappa shape index (κ1) is 34.6. The van der Waals surface area contributed by atoms with Gasteiger partial charge in [0.15, 0.2) is 5.78 Å².